The highest BCUT2D eigenvalue weighted by Gasteiger charge is 2.34. The predicted octanol–water partition coefficient (Wildman–Crippen LogP) is 5.24. The molecule has 24 heavy (non-hydrogen) atoms. The molecule has 1 heterocycles. The zero-order valence-corrected chi connectivity index (χ0v) is 13.7. The van der Waals surface area contributed by atoms with Crippen molar-refractivity contribution < 1.29 is 23.1 Å². The number of aliphatic carboxylic acids is 1. The molecule has 0 atom stereocenters. The number of fused-ring (bicyclic) bond motifs is 1. The number of H-pyrrole nitrogens is 1. The Balaban J connectivity index is 2.33. The van der Waals surface area contributed by atoms with E-state index in [1.54, 1.807) is 18.2 Å². The van der Waals surface area contributed by atoms with Crippen molar-refractivity contribution in [3.63, 3.8) is 0 Å². The Morgan fingerprint density at radius 2 is 1.88 bits per heavy atom. The van der Waals surface area contributed by atoms with Crippen LogP contribution in [-0.4, -0.2) is 16.1 Å². The lowest BCUT2D eigenvalue weighted by atomic mass is 9.98. The summed E-state index contributed by atoms with van der Waals surface area (Å²) >= 11 is 3.30. The molecule has 7 heteroatoms. The van der Waals surface area contributed by atoms with Crippen molar-refractivity contribution in [1.29, 1.82) is 0 Å². The van der Waals surface area contributed by atoms with Crippen molar-refractivity contribution >= 4 is 32.8 Å². The average Bonchev–Trinajstić information content (AvgIpc) is 2.84. The van der Waals surface area contributed by atoms with Crippen molar-refractivity contribution in [3.05, 3.63) is 58.1 Å². The van der Waals surface area contributed by atoms with Crippen molar-refractivity contribution in [1.82, 2.24) is 4.98 Å². The van der Waals surface area contributed by atoms with Gasteiger partial charge >= 0.3 is 12.1 Å². The van der Waals surface area contributed by atoms with Crippen LogP contribution < -0.4 is 0 Å². The summed E-state index contributed by atoms with van der Waals surface area (Å²) in [5, 5.41) is 9.75. The lowest BCUT2D eigenvalue weighted by Gasteiger charge is -2.13. The SMILES string of the molecule is O=C(O)Cc1c(-c2ccccc2C(F)(F)F)[nH]c2ccc(Br)cc12. The highest BCUT2D eigenvalue weighted by molar-refractivity contribution is 9.10. The van der Waals surface area contributed by atoms with Gasteiger partial charge in [-0.3, -0.25) is 4.79 Å². The van der Waals surface area contributed by atoms with Crippen molar-refractivity contribution in [2.75, 3.05) is 0 Å². The molecule has 0 amide bonds. The van der Waals surface area contributed by atoms with Gasteiger partial charge in [-0.15, -0.1) is 0 Å². The van der Waals surface area contributed by atoms with E-state index in [0.29, 0.717) is 16.5 Å². The normalized spacial score (nSPS) is 11.8. The molecule has 0 saturated carbocycles. The molecule has 3 nitrogen and oxygen atoms in total. The zero-order valence-electron chi connectivity index (χ0n) is 12.1. The van der Waals surface area contributed by atoms with E-state index in [-0.39, 0.29) is 17.7 Å². The summed E-state index contributed by atoms with van der Waals surface area (Å²) in [6.07, 6.45) is -4.91. The highest BCUT2D eigenvalue weighted by atomic mass is 79.9. The largest absolute Gasteiger partial charge is 0.481 e. The number of halogens is 4. The van der Waals surface area contributed by atoms with Gasteiger partial charge in [0.05, 0.1) is 17.7 Å². The second-order valence-electron chi connectivity index (χ2n) is 5.28. The van der Waals surface area contributed by atoms with E-state index in [4.69, 9.17) is 5.11 Å². The number of hydrogen-bond acceptors (Lipinski definition) is 1. The zero-order chi connectivity index (χ0) is 17.5. The van der Waals surface area contributed by atoms with E-state index in [2.05, 4.69) is 20.9 Å². The van der Waals surface area contributed by atoms with Gasteiger partial charge in [0.2, 0.25) is 0 Å². The molecule has 3 rings (SSSR count). The van der Waals surface area contributed by atoms with Gasteiger partial charge in [-0.1, -0.05) is 34.1 Å². The highest BCUT2D eigenvalue weighted by Crippen LogP contribution is 2.40. The number of carboxylic acids is 1. The molecule has 1 aromatic heterocycles. The average molecular weight is 398 g/mol. The van der Waals surface area contributed by atoms with Crippen LogP contribution in [0.2, 0.25) is 0 Å². The Morgan fingerprint density at radius 1 is 1.17 bits per heavy atom. The molecule has 0 aliphatic heterocycles. The molecule has 2 aromatic carbocycles. The van der Waals surface area contributed by atoms with E-state index in [1.165, 1.54) is 18.2 Å². The second kappa shape index (κ2) is 5.98. The minimum absolute atomic E-state index is 0.0615. The third-order valence-electron chi connectivity index (χ3n) is 3.70. The Morgan fingerprint density at radius 3 is 2.54 bits per heavy atom. The number of carboxylic acid groups (broad SMARTS) is 1. The lowest BCUT2D eigenvalue weighted by Crippen LogP contribution is -2.08. The monoisotopic (exact) mass is 397 g/mol. The second-order valence-corrected chi connectivity index (χ2v) is 6.20. The van der Waals surface area contributed by atoms with E-state index >= 15 is 0 Å². The van der Waals surface area contributed by atoms with Gasteiger partial charge in [0.1, 0.15) is 0 Å². The first-order valence-corrected chi connectivity index (χ1v) is 7.75. The molecular weight excluding hydrogens is 387 g/mol. The molecule has 0 saturated heterocycles. The van der Waals surface area contributed by atoms with E-state index < -0.39 is 17.7 Å². The molecule has 2 N–H and O–H groups in total. The first-order valence-electron chi connectivity index (χ1n) is 6.96. The molecule has 0 bridgehead atoms. The number of nitrogens with one attached hydrogen (secondary N) is 1. The molecule has 0 fully saturated rings. The molecule has 0 aliphatic carbocycles. The van der Waals surface area contributed by atoms with Crippen molar-refractivity contribution in [3.8, 4) is 11.3 Å². The molecule has 0 aliphatic rings. The molecule has 3 aromatic rings. The fourth-order valence-electron chi connectivity index (χ4n) is 2.73. The van der Waals surface area contributed by atoms with Gasteiger partial charge in [0.25, 0.3) is 0 Å². The van der Waals surface area contributed by atoms with Gasteiger partial charge in [-0.25, -0.2) is 0 Å². The number of alkyl halides is 3. The van der Waals surface area contributed by atoms with Crippen LogP contribution in [0.5, 0.6) is 0 Å². The topological polar surface area (TPSA) is 53.1 Å². The van der Waals surface area contributed by atoms with Crippen LogP contribution >= 0.6 is 15.9 Å². The summed E-state index contributed by atoms with van der Waals surface area (Å²) in [4.78, 5) is 14.2. The van der Waals surface area contributed by atoms with Crippen LogP contribution in [0.1, 0.15) is 11.1 Å². The van der Waals surface area contributed by atoms with E-state index in [1.807, 2.05) is 0 Å². The number of carbonyl (C=O) groups is 1. The smallest absolute Gasteiger partial charge is 0.417 e. The van der Waals surface area contributed by atoms with Crippen molar-refractivity contribution in [2.24, 2.45) is 0 Å². The first kappa shape index (κ1) is 16.6. The third-order valence-corrected chi connectivity index (χ3v) is 4.19. The maximum absolute atomic E-state index is 13.3. The Kier molecular flexibility index (Phi) is 4.13. The fraction of sp³-hybridized carbons (Fsp3) is 0.118. The van der Waals surface area contributed by atoms with E-state index in [9.17, 15) is 18.0 Å². The van der Waals surface area contributed by atoms with Crippen LogP contribution in [0, 0.1) is 0 Å². The summed E-state index contributed by atoms with van der Waals surface area (Å²) in [5.74, 6) is -1.11. The van der Waals surface area contributed by atoms with Crippen LogP contribution in [-0.2, 0) is 17.4 Å². The third kappa shape index (κ3) is 3.03. The van der Waals surface area contributed by atoms with Gasteiger partial charge in [0.15, 0.2) is 0 Å². The van der Waals surface area contributed by atoms with Crippen LogP contribution in [0.25, 0.3) is 22.2 Å². The van der Waals surface area contributed by atoms with Crippen LogP contribution in [0.3, 0.4) is 0 Å². The van der Waals surface area contributed by atoms with Gasteiger partial charge in [-0.05, 0) is 29.8 Å². The molecule has 0 spiro atoms. The number of rotatable bonds is 3. The van der Waals surface area contributed by atoms with Gasteiger partial charge in [0, 0.05) is 20.9 Å². The minimum Gasteiger partial charge on any atom is -0.481 e. The molecule has 124 valence electrons. The lowest BCUT2D eigenvalue weighted by molar-refractivity contribution is -0.137. The Bertz CT molecular complexity index is 931. The standard InChI is InChI=1S/C17H11BrF3NO2/c18-9-5-6-14-11(7-9)12(8-15(23)24)16(22-14)10-3-1-2-4-13(10)17(19,20)21/h1-7,22H,8H2,(H,23,24). The van der Waals surface area contributed by atoms with Crippen LogP contribution in [0.4, 0.5) is 13.2 Å². The predicted molar refractivity (Wildman–Crippen MR) is 87.8 cm³/mol. The van der Waals surface area contributed by atoms with Gasteiger partial charge in [-0.2, -0.15) is 13.2 Å². The Labute approximate surface area is 143 Å². The molecule has 0 radical (unpaired) electrons. The summed E-state index contributed by atoms with van der Waals surface area (Å²) in [6.45, 7) is 0. The number of hydrogen-bond donors (Lipinski definition) is 2. The quantitative estimate of drug-likeness (QED) is 0.634. The maximum Gasteiger partial charge on any atom is 0.417 e. The maximum atomic E-state index is 13.3. The summed E-state index contributed by atoms with van der Waals surface area (Å²) in [7, 11) is 0. The van der Waals surface area contributed by atoms with Gasteiger partial charge < -0.3 is 10.1 Å². The summed E-state index contributed by atoms with van der Waals surface area (Å²) in [6, 6.07) is 10.3. The number of benzene rings is 2. The van der Waals surface area contributed by atoms with E-state index in [0.717, 1.165) is 10.5 Å². The molecule has 0 unspecified atom stereocenters. The summed E-state index contributed by atoms with van der Waals surface area (Å²) in [5.41, 5.74) is 0.228. The number of aromatic nitrogens is 1. The van der Waals surface area contributed by atoms with Crippen LogP contribution in [0.15, 0.2) is 46.9 Å². The fourth-order valence-corrected chi connectivity index (χ4v) is 3.09. The Hall–Kier alpha value is -2.28. The van der Waals surface area contributed by atoms with Crippen molar-refractivity contribution in [2.45, 2.75) is 12.6 Å². The minimum atomic E-state index is -4.53. The summed E-state index contributed by atoms with van der Waals surface area (Å²) < 4.78 is 40.6. The number of aromatic amines is 1. The molecular formula is C17H11BrF3NO2. The first-order chi connectivity index (χ1) is 11.3.